The number of hydrogen-bond donors (Lipinski definition) is 2. The van der Waals surface area contributed by atoms with Gasteiger partial charge < -0.3 is 29.9 Å². The number of likely N-dealkylation sites (N-methyl/N-ethyl adjacent to an activating group) is 1. The molecule has 0 bridgehead atoms. The van der Waals surface area contributed by atoms with E-state index in [0.717, 1.165) is 23.5 Å². The number of rotatable bonds is 8. The SMILES string of the molecule is COc1cc(N2CC[C@H](N(C)C)C2)c([N+](=O)[O-])cc1Nc1ncc(C(=O)O)c(N2CC(C)(C)c3nc(C)ccc32)n1. The minimum Gasteiger partial charge on any atom is -0.494 e. The van der Waals surface area contributed by atoms with E-state index in [0.29, 0.717) is 36.8 Å². The number of nitro groups is 1. The van der Waals surface area contributed by atoms with Gasteiger partial charge in [-0.15, -0.1) is 0 Å². The summed E-state index contributed by atoms with van der Waals surface area (Å²) >= 11 is 0. The Kier molecular flexibility index (Phi) is 7.15. The van der Waals surface area contributed by atoms with E-state index in [1.807, 2.05) is 56.8 Å². The van der Waals surface area contributed by atoms with Crippen molar-refractivity contribution in [3.63, 3.8) is 0 Å². The predicted molar refractivity (Wildman–Crippen MR) is 155 cm³/mol. The molecule has 0 aliphatic carbocycles. The van der Waals surface area contributed by atoms with Crippen LogP contribution >= 0.6 is 0 Å². The summed E-state index contributed by atoms with van der Waals surface area (Å²) in [6.07, 6.45) is 2.13. The lowest BCUT2D eigenvalue weighted by molar-refractivity contribution is -0.384. The van der Waals surface area contributed by atoms with Crippen molar-refractivity contribution in [2.45, 2.75) is 38.6 Å². The molecule has 5 rings (SSSR count). The number of ether oxygens (including phenoxy) is 1. The fourth-order valence-electron chi connectivity index (χ4n) is 5.53. The molecule has 0 unspecified atom stereocenters. The van der Waals surface area contributed by atoms with Crippen LogP contribution in [0.15, 0.2) is 30.5 Å². The van der Waals surface area contributed by atoms with Crippen LogP contribution in [0.4, 0.5) is 34.5 Å². The minimum atomic E-state index is -1.17. The van der Waals surface area contributed by atoms with Gasteiger partial charge in [0.1, 0.15) is 17.0 Å². The number of carboxylic acids is 1. The summed E-state index contributed by atoms with van der Waals surface area (Å²) in [6, 6.07) is 7.14. The maximum atomic E-state index is 12.2. The van der Waals surface area contributed by atoms with Crippen molar-refractivity contribution < 1.29 is 19.6 Å². The summed E-state index contributed by atoms with van der Waals surface area (Å²) in [4.78, 5) is 43.4. The average Bonchev–Trinajstić information content (AvgIpc) is 3.51. The van der Waals surface area contributed by atoms with Gasteiger partial charge in [-0.3, -0.25) is 15.1 Å². The Morgan fingerprint density at radius 3 is 2.63 bits per heavy atom. The summed E-state index contributed by atoms with van der Waals surface area (Å²) in [5.41, 5.74) is 2.76. The number of benzene rings is 1. The number of nitro benzene ring substituents is 1. The second kappa shape index (κ2) is 10.5. The van der Waals surface area contributed by atoms with Crippen LogP contribution in [0.2, 0.25) is 0 Å². The molecule has 1 aromatic carbocycles. The van der Waals surface area contributed by atoms with Crippen LogP contribution in [0.3, 0.4) is 0 Å². The molecule has 0 amide bonds. The third kappa shape index (κ3) is 5.20. The van der Waals surface area contributed by atoms with Gasteiger partial charge in [0.05, 0.1) is 29.1 Å². The molecular formula is C28H34N8O5. The van der Waals surface area contributed by atoms with E-state index in [1.165, 1.54) is 19.4 Å². The zero-order chi connectivity index (χ0) is 29.6. The first-order valence-electron chi connectivity index (χ1n) is 13.3. The van der Waals surface area contributed by atoms with Crippen molar-refractivity contribution in [3.05, 3.63) is 57.5 Å². The van der Waals surface area contributed by atoms with E-state index in [4.69, 9.17) is 9.72 Å². The van der Waals surface area contributed by atoms with Gasteiger partial charge in [-0.2, -0.15) is 4.98 Å². The first kappa shape index (κ1) is 28.0. The Morgan fingerprint density at radius 1 is 1.24 bits per heavy atom. The van der Waals surface area contributed by atoms with Crippen LogP contribution in [-0.4, -0.2) is 82.7 Å². The topological polar surface area (TPSA) is 150 Å². The lowest BCUT2D eigenvalue weighted by Gasteiger charge is -2.23. The van der Waals surface area contributed by atoms with Gasteiger partial charge in [0.2, 0.25) is 5.95 Å². The van der Waals surface area contributed by atoms with E-state index >= 15 is 0 Å². The zero-order valence-electron chi connectivity index (χ0n) is 24.0. The highest BCUT2D eigenvalue weighted by Crippen LogP contribution is 2.44. The van der Waals surface area contributed by atoms with Gasteiger partial charge in [-0.25, -0.2) is 9.78 Å². The van der Waals surface area contributed by atoms with Crippen molar-refractivity contribution in [2.24, 2.45) is 0 Å². The molecule has 1 atom stereocenters. The highest BCUT2D eigenvalue weighted by atomic mass is 16.6. The molecular weight excluding hydrogens is 528 g/mol. The Bertz CT molecular complexity index is 1530. The van der Waals surface area contributed by atoms with Crippen LogP contribution in [0, 0.1) is 17.0 Å². The number of fused-ring (bicyclic) bond motifs is 1. The van der Waals surface area contributed by atoms with E-state index in [1.54, 1.807) is 6.07 Å². The van der Waals surface area contributed by atoms with Crippen LogP contribution in [0.25, 0.3) is 0 Å². The molecule has 1 fully saturated rings. The molecule has 2 N–H and O–H groups in total. The Labute approximate surface area is 237 Å². The molecule has 2 aliphatic rings. The normalized spacial score (nSPS) is 17.6. The van der Waals surface area contributed by atoms with Crippen molar-refractivity contribution in [1.29, 1.82) is 0 Å². The second-order valence-electron chi connectivity index (χ2n) is 11.3. The number of pyridine rings is 1. The first-order chi connectivity index (χ1) is 19.4. The largest absolute Gasteiger partial charge is 0.494 e. The minimum absolute atomic E-state index is 0.0717. The number of aryl methyl sites for hydroxylation is 1. The number of hydrogen-bond acceptors (Lipinski definition) is 11. The van der Waals surface area contributed by atoms with E-state index in [9.17, 15) is 20.0 Å². The highest BCUT2D eigenvalue weighted by Gasteiger charge is 2.39. The third-order valence-electron chi connectivity index (χ3n) is 7.73. The molecule has 2 aliphatic heterocycles. The first-order valence-corrected chi connectivity index (χ1v) is 13.3. The molecule has 13 nitrogen and oxygen atoms in total. The highest BCUT2D eigenvalue weighted by molar-refractivity contribution is 5.95. The van der Waals surface area contributed by atoms with Crippen LogP contribution in [0.5, 0.6) is 5.75 Å². The summed E-state index contributed by atoms with van der Waals surface area (Å²) in [5.74, 6) is -0.523. The number of aromatic nitrogens is 3. The molecule has 0 spiro atoms. The standard InChI is InChI=1S/C28H34N8O5/c1-16-7-8-20-24(30-16)28(2,3)15-35(20)25-18(26(37)38)13-29-27(32-25)31-19-11-22(36(39)40)21(12-23(19)41-6)34-10-9-17(14-34)33(4)5/h7-8,11-13,17H,9-10,14-15H2,1-6H3,(H,37,38)(H,29,31,32)/t17-/m0/s1. The van der Waals surface area contributed by atoms with E-state index in [-0.39, 0.29) is 34.5 Å². The quantitative estimate of drug-likeness (QED) is 0.300. The van der Waals surface area contributed by atoms with E-state index in [2.05, 4.69) is 20.2 Å². The summed E-state index contributed by atoms with van der Waals surface area (Å²) in [5, 5.41) is 25.1. The van der Waals surface area contributed by atoms with Gasteiger partial charge in [0, 0.05) is 55.1 Å². The van der Waals surface area contributed by atoms with Gasteiger partial charge in [-0.1, -0.05) is 13.8 Å². The average molecular weight is 563 g/mol. The van der Waals surface area contributed by atoms with Gasteiger partial charge in [0.15, 0.2) is 5.82 Å². The van der Waals surface area contributed by atoms with Gasteiger partial charge >= 0.3 is 5.97 Å². The van der Waals surface area contributed by atoms with Crippen molar-refractivity contribution >= 4 is 40.5 Å². The van der Waals surface area contributed by atoms with Crippen LogP contribution in [-0.2, 0) is 5.41 Å². The maximum absolute atomic E-state index is 12.2. The van der Waals surface area contributed by atoms with E-state index < -0.39 is 10.9 Å². The number of nitrogens with one attached hydrogen (secondary N) is 1. The lowest BCUT2D eigenvalue weighted by atomic mass is 9.91. The molecule has 3 aromatic rings. The number of methoxy groups -OCH3 is 1. The van der Waals surface area contributed by atoms with Gasteiger partial charge in [0.25, 0.3) is 5.69 Å². The lowest BCUT2D eigenvalue weighted by Crippen LogP contribution is -2.31. The Morgan fingerprint density at radius 2 is 2.00 bits per heavy atom. The molecule has 0 radical (unpaired) electrons. The Balaban J connectivity index is 1.54. The summed E-state index contributed by atoms with van der Waals surface area (Å²) in [7, 11) is 5.49. The molecule has 0 saturated carbocycles. The Hall–Kier alpha value is -4.52. The zero-order valence-corrected chi connectivity index (χ0v) is 24.0. The molecule has 2 aromatic heterocycles. The number of carboxylic acid groups (broad SMARTS) is 1. The monoisotopic (exact) mass is 562 g/mol. The van der Waals surface area contributed by atoms with Crippen molar-refractivity contribution in [1.82, 2.24) is 19.9 Å². The maximum Gasteiger partial charge on any atom is 0.341 e. The van der Waals surface area contributed by atoms with Gasteiger partial charge in [-0.05, 0) is 39.6 Å². The number of anilines is 5. The summed E-state index contributed by atoms with van der Waals surface area (Å²) < 4.78 is 5.61. The van der Waals surface area contributed by atoms with Crippen LogP contribution in [0.1, 0.15) is 42.0 Å². The van der Waals surface area contributed by atoms with Crippen molar-refractivity contribution in [3.8, 4) is 5.75 Å². The smallest absolute Gasteiger partial charge is 0.341 e. The molecule has 13 heteroatoms. The number of nitrogens with zero attached hydrogens (tertiary/aromatic N) is 7. The number of aromatic carboxylic acids is 1. The predicted octanol–water partition coefficient (Wildman–Crippen LogP) is 4.11. The fourth-order valence-corrected chi connectivity index (χ4v) is 5.53. The molecule has 41 heavy (non-hydrogen) atoms. The third-order valence-corrected chi connectivity index (χ3v) is 7.73. The summed E-state index contributed by atoms with van der Waals surface area (Å²) in [6.45, 7) is 7.82. The fraction of sp³-hybridized carbons (Fsp3) is 0.429. The number of carbonyl (C=O) groups is 1. The molecule has 216 valence electrons. The van der Waals surface area contributed by atoms with Crippen molar-refractivity contribution in [2.75, 3.05) is 56.0 Å². The molecule has 1 saturated heterocycles. The van der Waals surface area contributed by atoms with Crippen LogP contribution < -0.4 is 19.9 Å². The second-order valence-corrected chi connectivity index (χ2v) is 11.3. The molecule has 4 heterocycles.